The summed E-state index contributed by atoms with van der Waals surface area (Å²) in [4.78, 5) is 13.2. The number of ether oxygens (including phenoxy) is 2. The maximum Gasteiger partial charge on any atom is 0.243 e. The van der Waals surface area contributed by atoms with E-state index in [9.17, 15) is 13.2 Å². The van der Waals surface area contributed by atoms with Gasteiger partial charge in [-0.15, -0.1) is 0 Å². The van der Waals surface area contributed by atoms with Crippen molar-refractivity contribution in [2.45, 2.75) is 63.3 Å². The third-order valence-corrected chi connectivity index (χ3v) is 8.14. The van der Waals surface area contributed by atoms with Gasteiger partial charge in [0, 0.05) is 17.8 Å². The number of carbonyl (C=O) groups excluding carboxylic acids is 1. The van der Waals surface area contributed by atoms with Crippen LogP contribution in [0.3, 0.4) is 0 Å². The van der Waals surface area contributed by atoms with Gasteiger partial charge in [0.05, 0.1) is 25.7 Å². The summed E-state index contributed by atoms with van der Waals surface area (Å²) in [5, 5.41) is 2.97. The molecule has 0 bridgehead atoms. The summed E-state index contributed by atoms with van der Waals surface area (Å²) in [5.74, 6) is 0.442. The van der Waals surface area contributed by atoms with Gasteiger partial charge in [-0.25, -0.2) is 8.42 Å². The summed E-state index contributed by atoms with van der Waals surface area (Å²) in [5.41, 5.74) is 2.74. The summed E-state index contributed by atoms with van der Waals surface area (Å²) < 4.78 is 39.4. The molecule has 0 unspecified atom stereocenters. The average Bonchev–Trinajstić information content (AvgIpc) is 2.83. The highest BCUT2D eigenvalue weighted by molar-refractivity contribution is 7.89. The Morgan fingerprint density at radius 1 is 1.06 bits per heavy atom. The quantitative estimate of drug-likeness (QED) is 0.577. The molecule has 7 nitrogen and oxygen atoms in total. The van der Waals surface area contributed by atoms with Gasteiger partial charge < -0.3 is 14.8 Å². The molecule has 8 heteroatoms. The van der Waals surface area contributed by atoms with Crippen molar-refractivity contribution in [3.05, 3.63) is 47.5 Å². The van der Waals surface area contributed by atoms with Gasteiger partial charge in [0.15, 0.2) is 11.5 Å². The van der Waals surface area contributed by atoms with Gasteiger partial charge >= 0.3 is 0 Å². The number of rotatable bonds is 9. The lowest BCUT2D eigenvalue weighted by atomic mass is 9.95. The van der Waals surface area contributed by atoms with E-state index in [4.69, 9.17) is 9.47 Å². The molecule has 2 aromatic rings. The maximum absolute atomic E-state index is 13.7. The van der Waals surface area contributed by atoms with Gasteiger partial charge in [0.25, 0.3) is 0 Å². The van der Waals surface area contributed by atoms with Crippen molar-refractivity contribution in [2.75, 3.05) is 26.1 Å². The number of nitrogens with zero attached hydrogens (tertiary/aromatic N) is 1. The van der Waals surface area contributed by atoms with Gasteiger partial charge in [-0.3, -0.25) is 4.79 Å². The Hall–Kier alpha value is -2.58. The van der Waals surface area contributed by atoms with E-state index in [-0.39, 0.29) is 23.4 Å². The number of amides is 1. The van der Waals surface area contributed by atoms with E-state index >= 15 is 0 Å². The molecule has 0 heterocycles. The van der Waals surface area contributed by atoms with Crippen LogP contribution in [0.5, 0.6) is 11.5 Å². The maximum atomic E-state index is 13.7. The number of nitrogens with one attached hydrogen (secondary N) is 1. The highest BCUT2D eigenvalue weighted by Crippen LogP contribution is 2.33. The Morgan fingerprint density at radius 3 is 2.39 bits per heavy atom. The molecule has 3 rings (SSSR count). The van der Waals surface area contributed by atoms with Gasteiger partial charge in [0.2, 0.25) is 15.9 Å². The predicted octanol–water partition coefficient (Wildman–Crippen LogP) is 4.54. The summed E-state index contributed by atoms with van der Waals surface area (Å²) in [6.45, 7) is 3.73. The van der Waals surface area contributed by atoms with Crippen LogP contribution in [-0.2, 0) is 21.2 Å². The fraction of sp³-hybridized carbons (Fsp3) is 0.480. The topological polar surface area (TPSA) is 84.9 Å². The Bertz CT molecular complexity index is 1080. The molecule has 1 amide bonds. The molecule has 1 saturated carbocycles. The van der Waals surface area contributed by atoms with Crippen LogP contribution in [0.2, 0.25) is 0 Å². The van der Waals surface area contributed by atoms with Crippen molar-refractivity contribution in [1.29, 1.82) is 0 Å². The molecule has 0 aromatic heterocycles. The molecule has 33 heavy (non-hydrogen) atoms. The molecule has 1 aliphatic rings. The van der Waals surface area contributed by atoms with E-state index in [0.29, 0.717) is 11.5 Å². The molecule has 1 fully saturated rings. The minimum absolute atomic E-state index is 0.0867. The van der Waals surface area contributed by atoms with E-state index in [1.165, 1.54) is 30.7 Å². The second kappa shape index (κ2) is 11.0. The average molecular weight is 475 g/mol. The number of methoxy groups -OCH3 is 2. The molecular formula is C25H34N2O5S. The van der Waals surface area contributed by atoms with Crippen LogP contribution in [0.1, 0.15) is 50.2 Å². The Morgan fingerprint density at radius 2 is 1.76 bits per heavy atom. The first-order valence-electron chi connectivity index (χ1n) is 11.4. The van der Waals surface area contributed by atoms with Crippen molar-refractivity contribution in [2.24, 2.45) is 0 Å². The number of benzene rings is 2. The van der Waals surface area contributed by atoms with Crippen LogP contribution in [0.15, 0.2) is 41.3 Å². The van der Waals surface area contributed by atoms with E-state index in [0.717, 1.165) is 55.3 Å². The molecule has 0 aliphatic heterocycles. The molecular weight excluding hydrogens is 440 g/mol. The standard InChI is InChI=1S/C25H34N2O5S/c1-5-19-11-9-10-18(2)25(19)26-24(28)17-27(20-12-7-6-8-13-20)33(29,30)21-14-15-22(31-3)23(16-21)32-4/h9-11,14-16,20H,5-8,12-13,17H2,1-4H3,(H,26,28). The summed E-state index contributed by atoms with van der Waals surface area (Å²) in [6, 6.07) is 10.2. The lowest BCUT2D eigenvalue weighted by molar-refractivity contribution is -0.116. The SMILES string of the molecule is CCc1cccc(C)c1NC(=O)CN(C1CCCCC1)S(=O)(=O)c1ccc(OC)c(OC)c1. The van der Waals surface area contributed by atoms with Crippen LogP contribution >= 0.6 is 0 Å². The highest BCUT2D eigenvalue weighted by atomic mass is 32.2. The van der Waals surface area contributed by atoms with Crippen LogP contribution in [0.4, 0.5) is 5.69 Å². The van der Waals surface area contributed by atoms with Crippen LogP contribution in [-0.4, -0.2) is 45.4 Å². The molecule has 0 radical (unpaired) electrons. The third-order valence-electron chi connectivity index (χ3n) is 6.25. The number of carbonyl (C=O) groups is 1. The zero-order valence-corrected chi connectivity index (χ0v) is 20.7. The monoisotopic (exact) mass is 474 g/mol. The zero-order chi connectivity index (χ0) is 24.0. The number of hydrogen-bond donors (Lipinski definition) is 1. The lowest BCUT2D eigenvalue weighted by Crippen LogP contribution is -2.45. The Labute approximate surface area is 197 Å². The van der Waals surface area contributed by atoms with Crippen LogP contribution in [0, 0.1) is 6.92 Å². The first-order valence-corrected chi connectivity index (χ1v) is 12.9. The van der Waals surface area contributed by atoms with Crippen molar-refractivity contribution >= 4 is 21.6 Å². The second-order valence-electron chi connectivity index (χ2n) is 8.37. The number of hydrogen-bond acceptors (Lipinski definition) is 5. The molecule has 2 aromatic carbocycles. The first-order chi connectivity index (χ1) is 15.8. The van der Waals surface area contributed by atoms with Gasteiger partial charge in [-0.2, -0.15) is 4.31 Å². The summed E-state index contributed by atoms with van der Waals surface area (Å²) in [6.07, 6.45) is 5.22. The van der Waals surface area contributed by atoms with Gasteiger partial charge in [0.1, 0.15) is 0 Å². The molecule has 0 saturated heterocycles. The summed E-state index contributed by atoms with van der Waals surface area (Å²) >= 11 is 0. The molecule has 1 N–H and O–H groups in total. The van der Waals surface area contributed by atoms with Gasteiger partial charge in [-0.1, -0.05) is 44.4 Å². The summed E-state index contributed by atoms with van der Waals surface area (Å²) in [7, 11) is -0.967. The van der Waals surface area contributed by atoms with Crippen LogP contribution in [0.25, 0.3) is 0 Å². The Kier molecular flexibility index (Phi) is 8.37. The minimum atomic E-state index is -3.93. The molecule has 180 valence electrons. The number of aryl methyl sites for hydroxylation is 2. The van der Waals surface area contributed by atoms with Crippen molar-refractivity contribution < 1.29 is 22.7 Å². The van der Waals surface area contributed by atoms with E-state index < -0.39 is 10.0 Å². The van der Waals surface area contributed by atoms with E-state index in [2.05, 4.69) is 5.32 Å². The minimum Gasteiger partial charge on any atom is -0.493 e. The van der Waals surface area contributed by atoms with E-state index in [1.807, 2.05) is 32.0 Å². The van der Waals surface area contributed by atoms with Crippen molar-refractivity contribution in [1.82, 2.24) is 4.31 Å². The number of anilines is 1. The predicted molar refractivity (Wildman–Crippen MR) is 129 cm³/mol. The smallest absolute Gasteiger partial charge is 0.243 e. The lowest BCUT2D eigenvalue weighted by Gasteiger charge is -2.33. The van der Waals surface area contributed by atoms with Crippen molar-refractivity contribution in [3.8, 4) is 11.5 Å². The molecule has 1 aliphatic carbocycles. The van der Waals surface area contributed by atoms with Gasteiger partial charge in [-0.05, 0) is 49.4 Å². The zero-order valence-electron chi connectivity index (χ0n) is 19.9. The fourth-order valence-electron chi connectivity index (χ4n) is 4.41. The number of para-hydroxylation sites is 1. The normalized spacial score (nSPS) is 14.8. The largest absolute Gasteiger partial charge is 0.493 e. The Balaban J connectivity index is 1.93. The first kappa shape index (κ1) is 25.1. The highest BCUT2D eigenvalue weighted by Gasteiger charge is 2.34. The van der Waals surface area contributed by atoms with E-state index in [1.54, 1.807) is 6.07 Å². The van der Waals surface area contributed by atoms with Crippen molar-refractivity contribution in [3.63, 3.8) is 0 Å². The molecule has 0 atom stereocenters. The molecule has 0 spiro atoms. The fourth-order valence-corrected chi connectivity index (χ4v) is 6.07. The van der Waals surface area contributed by atoms with Crippen LogP contribution < -0.4 is 14.8 Å². The third kappa shape index (κ3) is 5.68. The number of sulfonamides is 1. The second-order valence-corrected chi connectivity index (χ2v) is 10.3.